The highest BCUT2D eigenvalue weighted by molar-refractivity contribution is 5.95. The average molecular weight is 314 g/mol. The van der Waals surface area contributed by atoms with E-state index in [2.05, 4.69) is 0 Å². The Morgan fingerprint density at radius 2 is 1.70 bits per heavy atom. The highest BCUT2D eigenvalue weighted by Gasteiger charge is 2.54. The molecule has 0 aliphatic rings. The van der Waals surface area contributed by atoms with Gasteiger partial charge in [-0.1, -0.05) is 29.8 Å². The van der Waals surface area contributed by atoms with Crippen molar-refractivity contribution in [3.63, 3.8) is 0 Å². The number of esters is 2. The molecule has 23 heavy (non-hydrogen) atoms. The van der Waals surface area contributed by atoms with Crippen LogP contribution in [-0.4, -0.2) is 25.2 Å². The zero-order valence-electron chi connectivity index (χ0n) is 13.3. The van der Waals surface area contributed by atoms with E-state index in [0.717, 1.165) is 5.56 Å². The van der Waals surface area contributed by atoms with E-state index in [-0.39, 0.29) is 18.8 Å². The highest BCUT2D eigenvalue weighted by Crippen LogP contribution is 2.35. The van der Waals surface area contributed by atoms with Gasteiger partial charge in [-0.3, -0.25) is 4.79 Å². The van der Waals surface area contributed by atoms with Crippen LogP contribution in [0.15, 0.2) is 24.3 Å². The molecule has 0 amide bonds. The van der Waals surface area contributed by atoms with Gasteiger partial charge in [0.05, 0.1) is 25.4 Å². The molecule has 0 aliphatic heterocycles. The summed E-state index contributed by atoms with van der Waals surface area (Å²) >= 11 is 0. The predicted molar refractivity (Wildman–Crippen MR) is 80.8 cm³/mol. The first-order valence-corrected chi connectivity index (χ1v) is 7.19. The molecule has 0 heterocycles. The van der Waals surface area contributed by atoms with Crippen molar-refractivity contribution in [3.05, 3.63) is 35.4 Å². The first-order chi connectivity index (χ1) is 11.0. The molecule has 2 atom stereocenters. The van der Waals surface area contributed by atoms with E-state index in [0.29, 0.717) is 0 Å². The molecule has 0 fully saturated rings. The average Bonchev–Trinajstić information content (AvgIpc) is 2.53. The Kier molecular flexibility index (Phi) is 6.29. The summed E-state index contributed by atoms with van der Waals surface area (Å²) in [6.07, 6.45) is 0. The summed E-state index contributed by atoms with van der Waals surface area (Å²) < 4.78 is 9.83. The van der Waals surface area contributed by atoms with Crippen LogP contribution in [0.25, 0.3) is 0 Å². The van der Waals surface area contributed by atoms with Crippen molar-refractivity contribution < 1.29 is 19.1 Å². The molecule has 1 aromatic rings. The third kappa shape index (κ3) is 3.49. The minimum atomic E-state index is -2.06. The molecular formula is C17H18N2O4. The van der Waals surface area contributed by atoms with Crippen LogP contribution >= 0.6 is 0 Å². The van der Waals surface area contributed by atoms with Crippen molar-refractivity contribution in [3.8, 4) is 12.1 Å². The SMILES string of the molecule is CCOC(=O)C(C#N)C(C#N)(C(=O)OCC)c1ccc(C)cc1. The molecule has 0 saturated carbocycles. The van der Waals surface area contributed by atoms with Gasteiger partial charge in [-0.15, -0.1) is 0 Å². The van der Waals surface area contributed by atoms with Crippen molar-refractivity contribution in [2.24, 2.45) is 5.92 Å². The Bertz CT molecular complexity index is 655. The quantitative estimate of drug-likeness (QED) is 0.745. The summed E-state index contributed by atoms with van der Waals surface area (Å²) in [5.41, 5.74) is -0.928. The van der Waals surface area contributed by atoms with E-state index < -0.39 is 23.3 Å². The number of rotatable bonds is 6. The van der Waals surface area contributed by atoms with Gasteiger partial charge in [0.1, 0.15) is 0 Å². The lowest BCUT2D eigenvalue weighted by molar-refractivity contribution is -0.157. The molecule has 0 saturated heterocycles. The molecule has 0 aromatic heterocycles. The lowest BCUT2D eigenvalue weighted by atomic mass is 9.71. The van der Waals surface area contributed by atoms with Crippen LogP contribution in [0.1, 0.15) is 25.0 Å². The van der Waals surface area contributed by atoms with Crippen molar-refractivity contribution >= 4 is 11.9 Å². The van der Waals surface area contributed by atoms with Gasteiger partial charge >= 0.3 is 11.9 Å². The maximum absolute atomic E-state index is 12.5. The molecule has 0 bridgehead atoms. The van der Waals surface area contributed by atoms with E-state index in [1.165, 1.54) is 0 Å². The topological polar surface area (TPSA) is 100 Å². The summed E-state index contributed by atoms with van der Waals surface area (Å²) in [5, 5.41) is 19.1. The van der Waals surface area contributed by atoms with E-state index in [1.807, 2.05) is 13.0 Å². The standard InChI is InChI=1S/C17H18N2O4/c1-4-22-15(20)14(10-18)17(11-19,16(21)23-5-2)13-8-6-12(3)7-9-13/h6-9,14H,4-5H2,1-3H3. The van der Waals surface area contributed by atoms with Crippen LogP contribution in [0.5, 0.6) is 0 Å². The number of carbonyl (C=O) groups excluding carboxylic acids is 2. The molecule has 6 nitrogen and oxygen atoms in total. The molecule has 6 heteroatoms. The van der Waals surface area contributed by atoms with Crippen LogP contribution in [0, 0.1) is 35.5 Å². The molecule has 0 radical (unpaired) electrons. The van der Waals surface area contributed by atoms with Gasteiger partial charge in [-0.2, -0.15) is 10.5 Å². The normalized spacial score (nSPS) is 13.8. The molecule has 0 N–H and O–H groups in total. The molecule has 0 spiro atoms. The lowest BCUT2D eigenvalue weighted by Crippen LogP contribution is -2.46. The van der Waals surface area contributed by atoms with E-state index in [4.69, 9.17) is 9.47 Å². The number of aryl methyl sites for hydroxylation is 1. The van der Waals surface area contributed by atoms with Crippen molar-refractivity contribution in [1.82, 2.24) is 0 Å². The fraction of sp³-hybridized carbons (Fsp3) is 0.412. The number of carbonyl (C=O) groups is 2. The first-order valence-electron chi connectivity index (χ1n) is 7.19. The summed E-state index contributed by atoms with van der Waals surface area (Å²) in [6.45, 7) is 5.07. The molecule has 120 valence electrons. The van der Waals surface area contributed by atoms with Crippen molar-refractivity contribution in [2.45, 2.75) is 26.2 Å². The van der Waals surface area contributed by atoms with Gasteiger partial charge in [0, 0.05) is 0 Å². The molecule has 1 rings (SSSR count). The van der Waals surface area contributed by atoms with Crippen LogP contribution < -0.4 is 0 Å². The first kappa shape index (κ1) is 18.2. The molecule has 0 aliphatic carbocycles. The number of nitriles is 2. The Morgan fingerprint density at radius 1 is 1.13 bits per heavy atom. The second-order valence-corrected chi connectivity index (χ2v) is 4.82. The van der Waals surface area contributed by atoms with Crippen LogP contribution in [0.2, 0.25) is 0 Å². The summed E-state index contributed by atoms with van der Waals surface area (Å²) in [7, 11) is 0. The van der Waals surface area contributed by atoms with Crippen LogP contribution in [0.4, 0.5) is 0 Å². The van der Waals surface area contributed by atoms with Gasteiger partial charge in [-0.25, -0.2) is 4.79 Å². The minimum absolute atomic E-state index is 0.0229. The number of nitrogens with zero attached hydrogens (tertiary/aromatic N) is 2. The van der Waals surface area contributed by atoms with Gasteiger partial charge < -0.3 is 9.47 Å². The minimum Gasteiger partial charge on any atom is -0.465 e. The third-order valence-electron chi connectivity index (χ3n) is 3.37. The maximum Gasteiger partial charge on any atom is 0.333 e. The van der Waals surface area contributed by atoms with Crippen molar-refractivity contribution in [2.75, 3.05) is 13.2 Å². The largest absolute Gasteiger partial charge is 0.465 e. The number of ether oxygens (including phenoxy) is 2. The van der Waals surface area contributed by atoms with Gasteiger partial charge in [-0.05, 0) is 26.3 Å². The maximum atomic E-state index is 12.5. The smallest absolute Gasteiger partial charge is 0.333 e. The van der Waals surface area contributed by atoms with Crippen LogP contribution in [0.3, 0.4) is 0 Å². The second kappa shape index (κ2) is 7.95. The Balaban J connectivity index is 3.55. The summed E-state index contributed by atoms with van der Waals surface area (Å²) in [5.74, 6) is -3.48. The van der Waals surface area contributed by atoms with Gasteiger partial charge in [0.25, 0.3) is 0 Å². The predicted octanol–water partition coefficient (Wildman–Crippen LogP) is 2.02. The second-order valence-electron chi connectivity index (χ2n) is 4.82. The van der Waals surface area contributed by atoms with Gasteiger partial charge in [0.2, 0.25) is 5.41 Å². The zero-order chi connectivity index (χ0) is 17.5. The molecule has 1 aromatic carbocycles. The monoisotopic (exact) mass is 314 g/mol. The molecular weight excluding hydrogens is 296 g/mol. The summed E-state index contributed by atoms with van der Waals surface area (Å²) in [6, 6.07) is 10.0. The third-order valence-corrected chi connectivity index (χ3v) is 3.37. The Morgan fingerprint density at radius 3 is 2.13 bits per heavy atom. The number of benzene rings is 1. The van der Waals surface area contributed by atoms with E-state index >= 15 is 0 Å². The van der Waals surface area contributed by atoms with E-state index in [9.17, 15) is 20.1 Å². The lowest BCUT2D eigenvalue weighted by Gasteiger charge is -2.27. The number of hydrogen-bond acceptors (Lipinski definition) is 6. The summed E-state index contributed by atoms with van der Waals surface area (Å²) in [4.78, 5) is 24.6. The Hall–Kier alpha value is -2.86. The fourth-order valence-corrected chi connectivity index (χ4v) is 2.19. The molecule has 2 unspecified atom stereocenters. The van der Waals surface area contributed by atoms with E-state index in [1.54, 1.807) is 44.2 Å². The van der Waals surface area contributed by atoms with Crippen molar-refractivity contribution in [1.29, 1.82) is 10.5 Å². The highest BCUT2D eigenvalue weighted by atomic mass is 16.5. The Labute approximate surface area is 135 Å². The zero-order valence-corrected chi connectivity index (χ0v) is 13.3. The van der Waals surface area contributed by atoms with Gasteiger partial charge in [0.15, 0.2) is 5.92 Å². The fourth-order valence-electron chi connectivity index (χ4n) is 2.19. The number of hydrogen-bond donors (Lipinski definition) is 0. The van der Waals surface area contributed by atoms with Crippen LogP contribution in [-0.2, 0) is 24.5 Å².